The first kappa shape index (κ1) is 87.1. The molecule has 10 aromatic rings. The number of carbonyl (C=O) groups is 3. The van der Waals surface area contributed by atoms with Crippen molar-refractivity contribution in [1.82, 2.24) is 15.4 Å². The summed E-state index contributed by atoms with van der Waals surface area (Å²) in [5.41, 5.74) is -7.46. The van der Waals surface area contributed by atoms with Gasteiger partial charge in [-0.2, -0.15) is 57.1 Å². The normalized spacial score (nSPS) is 13.5. The monoisotopic (exact) mass is 1660 g/mol. The Morgan fingerprint density at radius 3 is 1.55 bits per heavy atom. The molecule has 10 aromatic carbocycles. The van der Waals surface area contributed by atoms with Crippen LogP contribution >= 0.6 is 11.8 Å². The summed E-state index contributed by atoms with van der Waals surface area (Å²) in [6.07, 6.45) is -25.9. The van der Waals surface area contributed by atoms with E-state index < -0.39 is 191 Å². The molecule has 16 nitrogen and oxygen atoms in total. The number of carbonyl (C=O) groups excluding carboxylic acids is 3. The Hall–Kier alpha value is -11.9. The number of hydrogen-bond donors (Lipinski definition) is 4. The number of halogens is 18. The van der Waals surface area contributed by atoms with E-state index in [4.69, 9.17) is 10.5 Å². The number of amidine groups is 1. The average molecular weight is 1660 g/mol. The van der Waals surface area contributed by atoms with Crippen LogP contribution in [-0.4, -0.2) is 62.1 Å². The Morgan fingerprint density at radius 2 is 1.03 bits per heavy atom. The van der Waals surface area contributed by atoms with Crippen molar-refractivity contribution in [2.45, 2.75) is 96.5 Å². The summed E-state index contributed by atoms with van der Waals surface area (Å²) in [5.74, 6) is -13.4. The molecule has 0 fully saturated rings. The van der Waals surface area contributed by atoms with Gasteiger partial charge in [-0.1, -0.05) is 122 Å². The second-order valence-corrected chi connectivity index (χ2v) is 28.5. The lowest BCUT2D eigenvalue weighted by atomic mass is 9.77. The van der Waals surface area contributed by atoms with Gasteiger partial charge in [-0.25, -0.2) is 39.9 Å². The van der Waals surface area contributed by atoms with Crippen LogP contribution in [0.4, 0.5) is 84.7 Å². The van der Waals surface area contributed by atoms with Crippen LogP contribution in [0.5, 0.6) is 11.5 Å². The number of nitrogens with one attached hydrogen (secondary N) is 3. The van der Waals surface area contributed by atoms with Crippen molar-refractivity contribution >= 4 is 51.1 Å². The van der Waals surface area contributed by atoms with Crippen LogP contribution in [0.15, 0.2) is 244 Å². The Kier molecular flexibility index (Phi) is 27.0. The van der Waals surface area contributed by atoms with Gasteiger partial charge in [0.25, 0.3) is 17.5 Å². The molecule has 0 aliphatic rings. The number of ether oxygens (including phenoxy) is 2. The number of rotatable bonds is 27. The number of non-ortho nitro benzene ring substituents is 1. The molecule has 3 atom stereocenters. The first-order valence-corrected chi connectivity index (χ1v) is 35.8. The molecule has 0 aliphatic heterocycles. The standard InChI is InChI=1S/C46H37F8N3O6S2.C33H23F10N3O4/c1-28(2)40(56-65(61,62)37-17-15-35(16-18-37)57(59)60)27-63-41-25-31(14-19-39(41)48)44(26-29-9-5-3-6-10-29,32-22-33(45(49,50)51)24-34(47)23-32)55-43(58)30-13-20-42(38(21-30)46(52,53)54)64-36-11-7-4-8-12-36;1-17(44)46-50-29(48)24-14-20(8-10-26(24)35)31(16-18-5-3-2-4-6-18,21-12-22(34)15-23(13-21)49-33(42,43)30(37)38)45-28(47)19-7-9-27(36)25(11-19)32(39,40)41/h3-25,28,40,56H,26-27H2,1-2H3,(H,55,58);2-15,30H,16H2,1H3,(H2,44,46)(H,45,47)/t40?,44-;31-/m11/s1. The van der Waals surface area contributed by atoms with Gasteiger partial charge in [0, 0.05) is 52.0 Å². The van der Waals surface area contributed by atoms with Gasteiger partial charge in [0.2, 0.25) is 10.0 Å². The molecule has 0 saturated heterocycles. The molecule has 604 valence electrons. The third-order valence-corrected chi connectivity index (χ3v) is 19.8. The quantitative estimate of drug-likeness (QED) is 0.00941. The highest BCUT2D eigenvalue weighted by atomic mass is 32.2. The summed E-state index contributed by atoms with van der Waals surface area (Å²) in [7, 11) is -4.35. The lowest BCUT2D eigenvalue weighted by molar-refractivity contribution is -0.384. The van der Waals surface area contributed by atoms with Gasteiger partial charge in [0.1, 0.15) is 41.5 Å². The molecule has 5 N–H and O–H groups in total. The van der Waals surface area contributed by atoms with Crippen LogP contribution in [0.1, 0.15) is 102 Å². The zero-order chi connectivity index (χ0) is 84.3. The van der Waals surface area contributed by atoms with Crippen molar-refractivity contribution < 1.29 is 121 Å². The predicted octanol–water partition coefficient (Wildman–Crippen LogP) is 19.1. The minimum atomic E-state index is -5.26. The third-order valence-electron chi connectivity index (χ3n) is 17.2. The van der Waals surface area contributed by atoms with E-state index in [1.165, 1.54) is 43.3 Å². The van der Waals surface area contributed by atoms with Gasteiger partial charge in [0.05, 0.1) is 49.2 Å². The zero-order valence-electron chi connectivity index (χ0n) is 59.4. The van der Waals surface area contributed by atoms with E-state index in [1.807, 2.05) is 0 Å². The van der Waals surface area contributed by atoms with E-state index >= 15 is 17.6 Å². The fraction of sp³-hybridized carbons (Fsp3) is 0.190. The molecule has 36 heteroatoms. The highest BCUT2D eigenvalue weighted by molar-refractivity contribution is 7.99. The number of alkyl halides is 13. The van der Waals surface area contributed by atoms with E-state index in [9.17, 15) is 94.4 Å². The highest BCUT2D eigenvalue weighted by Gasteiger charge is 2.47. The van der Waals surface area contributed by atoms with Crippen molar-refractivity contribution in [1.29, 1.82) is 0 Å². The molecule has 0 heterocycles. The number of benzene rings is 10. The van der Waals surface area contributed by atoms with Gasteiger partial charge in [-0.05, 0) is 161 Å². The molecular weight excluding hydrogens is 1600 g/mol. The van der Waals surface area contributed by atoms with Crippen molar-refractivity contribution in [3.05, 3.63) is 330 Å². The molecule has 0 bridgehead atoms. The maximum Gasteiger partial charge on any atom is 0.461 e. The first-order chi connectivity index (χ1) is 53.9. The second-order valence-electron chi connectivity index (χ2n) is 25.7. The predicted molar refractivity (Wildman–Crippen MR) is 383 cm³/mol. The number of nitrogens with zero attached hydrogens (tertiary/aromatic N) is 2. The molecule has 0 spiro atoms. The molecular formula is C79H60F18N6O10S2. The minimum absolute atomic E-state index is 0.169. The Bertz CT molecular complexity index is 5340. The third kappa shape index (κ3) is 21.9. The summed E-state index contributed by atoms with van der Waals surface area (Å²) < 4.78 is 296. The molecule has 0 aliphatic carbocycles. The maximum atomic E-state index is 15.8. The minimum Gasteiger partial charge on any atom is -0.489 e. The van der Waals surface area contributed by atoms with Gasteiger partial charge >= 0.3 is 37.0 Å². The second kappa shape index (κ2) is 35.6. The highest BCUT2D eigenvalue weighted by Crippen LogP contribution is 2.45. The number of nitro groups is 1. The van der Waals surface area contributed by atoms with Crippen LogP contribution in [0.25, 0.3) is 0 Å². The van der Waals surface area contributed by atoms with E-state index in [-0.39, 0.29) is 50.1 Å². The topological polar surface area (TPSA) is 231 Å². The molecule has 2 amide bonds. The molecule has 10 rings (SSSR count). The molecule has 0 aromatic heterocycles. The number of amides is 2. The summed E-state index contributed by atoms with van der Waals surface area (Å²) in [5, 5.41) is 19.4. The first-order valence-electron chi connectivity index (χ1n) is 33.5. The fourth-order valence-corrected chi connectivity index (χ4v) is 13.9. The number of nitrogens with two attached hydrogens (primary N) is 1. The van der Waals surface area contributed by atoms with Crippen molar-refractivity contribution in [3.8, 4) is 11.5 Å². The van der Waals surface area contributed by atoms with E-state index in [0.29, 0.717) is 65.1 Å². The molecule has 1 unspecified atom stereocenters. The van der Waals surface area contributed by atoms with Crippen molar-refractivity contribution in [3.63, 3.8) is 0 Å². The summed E-state index contributed by atoms with van der Waals surface area (Å²) in [6.45, 7) is 3.88. The summed E-state index contributed by atoms with van der Waals surface area (Å²) in [4.78, 5) is 55.9. The average Bonchev–Trinajstić information content (AvgIpc) is 0.752. The lowest BCUT2D eigenvalue weighted by Gasteiger charge is -2.37. The maximum absolute atomic E-state index is 15.8. The largest absolute Gasteiger partial charge is 0.489 e. The van der Waals surface area contributed by atoms with Crippen LogP contribution in [0, 0.1) is 45.1 Å². The number of hydrogen-bond acceptors (Lipinski definition) is 12. The van der Waals surface area contributed by atoms with Crippen molar-refractivity contribution in [2.75, 3.05) is 6.61 Å². The van der Waals surface area contributed by atoms with E-state index in [1.54, 1.807) is 68.4 Å². The molecule has 0 radical (unpaired) electrons. The van der Waals surface area contributed by atoms with E-state index in [2.05, 4.69) is 30.1 Å². The van der Waals surface area contributed by atoms with Crippen LogP contribution in [-0.2, 0) is 57.3 Å². The Labute approximate surface area is 646 Å². The van der Waals surface area contributed by atoms with Crippen LogP contribution in [0.2, 0.25) is 0 Å². The van der Waals surface area contributed by atoms with Gasteiger partial charge in [0.15, 0.2) is 11.6 Å². The van der Waals surface area contributed by atoms with Crippen LogP contribution < -0.4 is 30.6 Å². The van der Waals surface area contributed by atoms with Crippen LogP contribution in [0.3, 0.4) is 0 Å². The Morgan fingerprint density at radius 1 is 0.548 bits per heavy atom. The fourth-order valence-electron chi connectivity index (χ4n) is 11.6. The van der Waals surface area contributed by atoms with Gasteiger partial charge in [-0.15, -0.1) is 0 Å². The Balaban J connectivity index is 0.000000272. The molecule has 115 heavy (non-hydrogen) atoms. The number of oxime groups is 1. The zero-order valence-corrected chi connectivity index (χ0v) is 61.0. The SMILES string of the molecule is C/C(N)=N/OC(=O)c1cc([C@@](Cc2ccccc2)(NC(=O)c2ccc(F)c(C(F)(F)F)c2)c2cc(F)cc(OC(F)(F)C(F)F)c2)ccc1F.CC(C)C(COc1cc([C@@](Cc2ccccc2)(NC(=O)c2ccc(Sc3ccccc3)c(C(F)(F)F)c2)c2cc(F)cc(C(F)(F)F)c2)ccc1F)NS(=O)(=O)c1ccc([N+](=O)[O-])cc1. The van der Waals surface area contributed by atoms with Gasteiger partial charge in [-0.3, -0.25) is 19.7 Å². The van der Waals surface area contributed by atoms with Gasteiger partial charge < -0.3 is 30.7 Å². The summed E-state index contributed by atoms with van der Waals surface area (Å²) >= 11 is 0.780. The van der Waals surface area contributed by atoms with Crippen molar-refractivity contribution in [2.24, 2.45) is 16.8 Å². The van der Waals surface area contributed by atoms with E-state index in [0.717, 1.165) is 78.5 Å². The lowest BCUT2D eigenvalue weighted by Crippen LogP contribution is -2.49. The summed E-state index contributed by atoms with van der Waals surface area (Å²) in [6, 6.07) is 38.7. The smallest absolute Gasteiger partial charge is 0.461 e. The number of nitro benzene ring substituents is 1. The molecule has 0 saturated carbocycles. The number of sulfonamides is 1.